The highest BCUT2D eigenvalue weighted by Gasteiger charge is 2.23. The second-order valence-corrected chi connectivity index (χ2v) is 7.27. The molecule has 4 aromatic rings. The van der Waals surface area contributed by atoms with Crippen LogP contribution in [0.2, 0.25) is 5.02 Å². The van der Waals surface area contributed by atoms with Gasteiger partial charge in [0.2, 0.25) is 0 Å². The first-order valence-corrected chi connectivity index (χ1v) is 9.71. The highest BCUT2D eigenvalue weighted by atomic mass is 35.5. The standard InChI is InChI=1S/C23H16ClF2N3O/c24-19-6-2-1-5-17(19)16(9-10-21-20(26)12-15(25)13-28-21)18-8-7-14-4-3-11-27-22(14)23(18)29-30/h1-8,11-13,16H,9-10H2. The van der Waals surface area contributed by atoms with Gasteiger partial charge in [-0.25, -0.2) is 8.78 Å². The van der Waals surface area contributed by atoms with Gasteiger partial charge in [-0.1, -0.05) is 48.0 Å². The number of pyridine rings is 2. The van der Waals surface area contributed by atoms with Crippen molar-refractivity contribution in [1.29, 1.82) is 0 Å². The van der Waals surface area contributed by atoms with Gasteiger partial charge in [0.05, 0.1) is 17.4 Å². The molecule has 2 aromatic carbocycles. The molecule has 4 nitrogen and oxygen atoms in total. The van der Waals surface area contributed by atoms with Gasteiger partial charge in [0, 0.05) is 28.6 Å². The van der Waals surface area contributed by atoms with Gasteiger partial charge >= 0.3 is 0 Å². The Kier molecular flexibility index (Phi) is 5.77. The summed E-state index contributed by atoms with van der Waals surface area (Å²) in [5.74, 6) is -1.79. The summed E-state index contributed by atoms with van der Waals surface area (Å²) in [6.07, 6.45) is 3.20. The second-order valence-electron chi connectivity index (χ2n) is 6.86. The topological polar surface area (TPSA) is 55.2 Å². The van der Waals surface area contributed by atoms with E-state index in [0.29, 0.717) is 22.5 Å². The van der Waals surface area contributed by atoms with Crippen LogP contribution in [0.4, 0.5) is 14.5 Å². The predicted molar refractivity (Wildman–Crippen MR) is 113 cm³/mol. The molecule has 0 saturated carbocycles. The molecule has 0 fully saturated rings. The van der Waals surface area contributed by atoms with Crippen LogP contribution in [0.3, 0.4) is 0 Å². The Hall–Kier alpha value is -3.25. The van der Waals surface area contributed by atoms with E-state index < -0.39 is 11.6 Å². The minimum Gasteiger partial charge on any atom is -0.255 e. The molecule has 0 aliphatic heterocycles. The van der Waals surface area contributed by atoms with E-state index in [1.165, 1.54) is 0 Å². The summed E-state index contributed by atoms with van der Waals surface area (Å²) in [5.41, 5.74) is 2.29. The third-order valence-corrected chi connectivity index (χ3v) is 5.42. The van der Waals surface area contributed by atoms with Crippen molar-refractivity contribution in [1.82, 2.24) is 9.97 Å². The molecule has 0 amide bonds. The van der Waals surface area contributed by atoms with Crippen LogP contribution in [0.15, 0.2) is 72.2 Å². The molecule has 1 atom stereocenters. The number of aryl methyl sites for hydroxylation is 1. The number of benzene rings is 2. The van der Waals surface area contributed by atoms with Gasteiger partial charge in [-0.15, -0.1) is 4.91 Å². The molecule has 0 radical (unpaired) electrons. The molecule has 1 unspecified atom stereocenters. The monoisotopic (exact) mass is 423 g/mol. The third-order valence-electron chi connectivity index (χ3n) is 5.08. The quantitative estimate of drug-likeness (QED) is 0.323. The predicted octanol–water partition coefficient (Wildman–Crippen LogP) is 6.72. The second kappa shape index (κ2) is 8.63. The van der Waals surface area contributed by atoms with Gasteiger partial charge in [-0.05, 0) is 41.3 Å². The van der Waals surface area contributed by atoms with Crippen molar-refractivity contribution < 1.29 is 8.78 Å². The number of hydrogen-bond donors (Lipinski definition) is 0. The first-order valence-electron chi connectivity index (χ1n) is 9.34. The minimum atomic E-state index is -0.730. The van der Waals surface area contributed by atoms with Crippen molar-refractivity contribution in [3.63, 3.8) is 0 Å². The lowest BCUT2D eigenvalue weighted by atomic mass is 9.85. The fourth-order valence-electron chi connectivity index (χ4n) is 3.67. The van der Waals surface area contributed by atoms with E-state index in [1.54, 1.807) is 18.3 Å². The van der Waals surface area contributed by atoms with Crippen LogP contribution in [0, 0.1) is 16.5 Å². The zero-order chi connectivity index (χ0) is 21.1. The smallest absolute Gasteiger partial charge is 0.147 e. The van der Waals surface area contributed by atoms with Crippen LogP contribution in [0.5, 0.6) is 0 Å². The van der Waals surface area contributed by atoms with Gasteiger partial charge in [0.15, 0.2) is 0 Å². The maximum Gasteiger partial charge on any atom is 0.147 e. The average Bonchev–Trinajstić information content (AvgIpc) is 2.76. The Morgan fingerprint density at radius 3 is 2.60 bits per heavy atom. The molecule has 150 valence electrons. The lowest BCUT2D eigenvalue weighted by molar-refractivity contribution is 0.550. The summed E-state index contributed by atoms with van der Waals surface area (Å²) in [7, 11) is 0. The number of fused-ring (bicyclic) bond motifs is 1. The Morgan fingerprint density at radius 2 is 1.83 bits per heavy atom. The van der Waals surface area contributed by atoms with E-state index >= 15 is 0 Å². The van der Waals surface area contributed by atoms with Crippen molar-refractivity contribution in [2.24, 2.45) is 5.18 Å². The lowest BCUT2D eigenvalue weighted by Crippen LogP contribution is -2.07. The number of halogens is 3. The van der Waals surface area contributed by atoms with Crippen molar-refractivity contribution in [3.8, 4) is 0 Å². The van der Waals surface area contributed by atoms with E-state index in [-0.39, 0.29) is 23.7 Å². The van der Waals surface area contributed by atoms with Crippen LogP contribution in [0.25, 0.3) is 10.9 Å². The molecule has 0 aliphatic rings. The van der Waals surface area contributed by atoms with Crippen LogP contribution in [-0.2, 0) is 6.42 Å². The zero-order valence-corrected chi connectivity index (χ0v) is 16.5. The van der Waals surface area contributed by atoms with E-state index in [0.717, 1.165) is 23.2 Å². The number of nitroso groups, excluding NO2 is 1. The molecule has 0 N–H and O–H groups in total. The first kappa shape index (κ1) is 20.0. The van der Waals surface area contributed by atoms with Crippen molar-refractivity contribution in [2.75, 3.05) is 0 Å². The Labute approximate surface area is 176 Å². The number of hydrogen-bond acceptors (Lipinski definition) is 4. The number of nitrogens with zero attached hydrogens (tertiary/aromatic N) is 3. The summed E-state index contributed by atoms with van der Waals surface area (Å²) < 4.78 is 27.3. The maximum absolute atomic E-state index is 14.1. The van der Waals surface area contributed by atoms with Crippen molar-refractivity contribution in [3.05, 3.63) is 105 Å². The Bertz CT molecular complexity index is 1230. The van der Waals surface area contributed by atoms with Crippen molar-refractivity contribution >= 4 is 28.2 Å². The molecule has 2 aromatic heterocycles. The molecule has 0 aliphatic carbocycles. The normalized spacial score (nSPS) is 12.1. The van der Waals surface area contributed by atoms with Crippen LogP contribution >= 0.6 is 11.6 Å². The Morgan fingerprint density at radius 1 is 1.00 bits per heavy atom. The third kappa shape index (κ3) is 3.91. The highest BCUT2D eigenvalue weighted by molar-refractivity contribution is 6.31. The van der Waals surface area contributed by atoms with Gasteiger partial charge in [-0.3, -0.25) is 9.97 Å². The fraction of sp³-hybridized carbons (Fsp3) is 0.130. The number of rotatable bonds is 6. The average molecular weight is 424 g/mol. The molecule has 2 heterocycles. The highest BCUT2D eigenvalue weighted by Crippen LogP contribution is 2.41. The first-order chi connectivity index (χ1) is 14.6. The molecular formula is C23H16ClF2N3O. The van der Waals surface area contributed by atoms with Crippen LogP contribution in [0.1, 0.15) is 29.2 Å². The van der Waals surface area contributed by atoms with Gasteiger partial charge in [0.1, 0.15) is 17.3 Å². The molecule has 7 heteroatoms. The van der Waals surface area contributed by atoms with E-state index in [4.69, 9.17) is 11.6 Å². The lowest BCUT2D eigenvalue weighted by Gasteiger charge is -2.21. The Balaban J connectivity index is 1.81. The molecule has 30 heavy (non-hydrogen) atoms. The molecule has 0 bridgehead atoms. The SMILES string of the molecule is O=Nc1c(C(CCc2ncc(F)cc2F)c2ccccc2Cl)ccc2cccnc12. The summed E-state index contributed by atoms with van der Waals surface area (Å²) >= 11 is 6.45. The largest absolute Gasteiger partial charge is 0.255 e. The molecular weight excluding hydrogens is 408 g/mol. The van der Waals surface area contributed by atoms with Gasteiger partial charge in [0.25, 0.3) is 0 Å². The summed E-state index contributed by atoms with van der Waals surface area (Å²) in [6.45, 7) is 0. The summed E-state index contributed by atoms with van der Waals surface area (Å²) in [6, 6.07) is 15.4. The van der Waals surface area contributed by atoms with Crippen molar-refractivity contribution in [2.45, 2.75) is 18.8 Å². The summed E-state index contributed by atoms with van der Waals surface area (Å²) in [5, 5.41) is 4.58. The maximum atomic E-state index is 14.1. The molecule has 0 saturated heterocycles. The minimum absolute atomic E-state index is 0.146. The van der Waals surface area contributed by atoms with E-state index in [9.17, 15) is 13.7 Å². The molecule has 0 spiro atoms. The van der Waals surface area contributed by atoms with Gasteiger partial charge < -0.3 is 0 Å². The zero-order valence-electron chi connectivity index (χ0n) is 15.7. The fourth-order valence-corrected chi connectivity index (χ4v) is 3.93. The van der Waals surface area contributed by atoms with E-state index in [1.807, 2.05) is 36.4 Å². The number of aromatic nitrogens is 2. The molecule has 4 rings (SSSR count). The van der Waals surface area contributed by atoms with E-state index in [2.05, 4.69) is 15.1 Å². The van der Waals surface area contributed by atoms with Crippen LogP contribution < -0.4 is 0 Å². The van der Waals surface area contributed by atoms with Crippen LogP contribution in [-0.4, -0.2) is 9.97 Å². The summed E-state index contributed by atoms with van der Waals surface area (Å²) in [4.78, 5) is 20.0. The van der Waals surface area contributed by atoms with Gasteiger partial charge in [-0.2, -0.15) is 0 Å².